The highest BCUT2D eigenvalue weighted by molar-refractivity contribution is 14.1. The van der Waals surface area contributed by atoms with Crippen molar-refractivity contribution >= 4 is 46.5 Å². The number of alkyl halides is 3. The Morgan fingerprint density at radius 3 is 2.31 bits per heavy atom. The van der Waals surface area contributed by atoms with Crippen LogP contribution >= 0.6 is 22.6 Å². The molecule has 2 aromatic carbocycles. The van der Waals surface area contributed by atoms with Gasteiger partial charge in [-0.05, 0) is 70.5 Å². The maximum absolute atomic E-state index is 13.3. The lowest BCUT2D eigenvalue weighted by atomic mass is 9.98. The van der Waals surface area contributed by atoms with E-state index in [9.17, 15) is 27.6 Å². The molecule has 190 valence electrons. The molecule has 1 aliphatic carbocycles. The first-order chi connectivity index (χ1) is 17.1. The summed E-state index contributed by atoms with van der Waals surface area (Å²) in [6.45, 7) is 0.534. The molecule has 1 heterocycles. The van der Waals surface area contributed by atoms with Crippen LogP contribution in [0.1, 0.15) is 33.8 Å². The predicted molar refractivity (Wildman–Crippen MR) is 135 cm³/mol. The Balaban J connectivity index is 1.33. The second kappa shape index (κ2) is 10.6. The van der Waals surface area contributed by atoms with Gasteiger partial charge in [-0.2, -0.15) is 13.2 Å². The summed E-state index contributed by atoms with van der Waals surface area (Å²) in [5, 5.41) is 0. The van der Waals surface area contributed by atoms with Crippen LogP contribution in [0.3, 0.4) is 0 Å². The van der Waals surface area contributed by atoms with Crippen LogP contribution < -0.4 is 0 Å². The van der Waals surface area contributed by atoms with E-state index < -0.39 is 24.1 Å². The number of benzene rings is 2. The van der Waals surface area contributed by atoms with Gasteiger partial charge in [-0.1, -0.05) is 24.3 Å². The molecule has 10 heteroatoms. The van der Waals surface area contributed by atoms with E-state index in [4.69, 9.17) is 0 Å². The van der Waals surface area contributed by atoms with Gasteiger partial charge in [0, 0.05) is 47.2 Å². The number of hydrogen-bond acceptors (Lipinski definition) is 4. The highest BCUT2D eigenvalue weighted by Gasteiger charge is 2.52. The second-order valence-corrected chi connectivity index (χ2v) is 10.2. The monoisotopic (exact) mass is 612 g/mol. The smallest absolute Gasteiger partial charge is 0.465 e. The van der Waals surface area contributed by atoms with Gasteiger partial charge in [0.05, 0.1) is 12.7 Å². The number of amides is 2. The molecular formula is C26H24F3IN2O4. The molecule has 0 aromatic heterocycles. The molecular weight excluding hydrogens is 588 g/mol. The van der Waals surface area contributed by atoms with E-state index in [1.807, 2.05) is 24.3 Å². The summed E-state index contributed by atoms with van der Waals surface area (Å²) in [4.78, 5) is 38.6. The summed E-state index contributed by atoms with van der Waals surface area (Å²) in [6, 6.07) is 13.6. The number of ether oxygens (including phenoxy) is 1. The molecule has 4 rings (SSSR count). The van der Waals surface area contributed by atoms with Gasteiger partial charge in [-0.3, -0.25) is 9.59 Å². The van der Waals surface area contributed by atoms with Crippen LogP contribution in [0.25, 0.3) is 6.08 Å². The van der Waals surface area contributed by atoms with E-state index in [0.29, 0.717) is 17.5 Å². The highest BCUT2D eigenvalue weighted by Crippen LogP contribution is 2.46. The average Bonchev–Trinajstić information content (AvgIpc) is 3.62. The number of carbonyl (C=O) groups excluding carboxylic acids is 3. The fourth-order valence-electron chi connectivity index (χ4n) is 4.39. The summed E-state index contributed by atoms with van der Waals surface area (Å²) < 4.78 is 45.6. The van der Waals surface area contributed by atoms with E-state index in [1.165, 1.54) is 18.1 Å². The van der Waals surface area contributed by atoms with Gasteiger partial charge in [0.25, 0.3) is 0 Å². The number of hydrogen-bond donors (Lipinski definition) is 0. The molecule has 2 unspecified atom stereocenters. The van der Waals surface area contributed by atoms with Crippen molar-refractivity contribution in [3.8, 4) is 0 Å². The van der Waals surface area contributed by atoms with Gasteiger partial charge in [0.1, 0.15) is 0 Å². The van der Waals surface area contributed by atoms with Crippen molar-refractivity contribution in [1.29, 1.82) is 0 Å². The molecule has 0 spiro atoms. The third-order valence-corrected chi connectivity index (χ3v) is 7.15. The normalized spacial score (nSPS) is 19.6. The Morgan fingerprint density at radius 2 is 1.72 bits per heavy atom. The van der Waals surface area contributed by atoms with Crippen molar-refractivity contribution < 1.29 is 32.3 Å². The Kier molecular flexibility index (Phi) is 7.72. The number of nitrogens with zero attached hydrogens (tertiary/aromatic N) is 2. The lowest BCUT2D eigenvalue weighted by molar-refractivity contribution is -0.187. The van der Waals surface area contributed by atoms with Crippen LogP contribution in [0.4, 0.5) is 13.2 Å². The van der Waals surface area contributed by atoms with Crippen molar-refractivity contribution in [2.75, 3.05) is 26.7 Å². The van der Waals surface area contributed by atoms with Crippen LogP contribution in [0, 0.1) is 9.49 Å². The molecule has 36 heavy (non-hydrogen) atoms. The van der Waals surface area contributed by atoms with Gasteiger partial charge < -0.3 is 14.5 Å². The number of carbonyl (C=O) groups is 3. The van der Waals surface area contributed by atoms with Crippen LogP contribution in [0.2, 0.25) is 0 Å². The molecule has 2 aromatic rings. The van der Waals surface area contributed by atoms with Crippen molar-refractivity contribution in [2.45, 2.75) is 24.6 Å². The van der Waals surface area contributed by atoms with E-state index in [1.54, 1.807) is 30.3 Å². The third kappa shape index (κ3) is 6.08. The first-order valence-corrected chi connectivity index (χ1v) is 12.4. The zero-order chi connectivity index (χ0) is 26.0. The summed E-state index contributed by atoms with van der Waals surface area (Å²) in [7, 11) is 1.29. The molecule has 0 bridgehead atoms. The molecule has 6 nitrogen and oxygen atoms in total. The zero-order valence-corrected chi connectivity index (χ0v) is 21.5. The number of likely N-dealkylation sites (tertiary alicyclic amines) is 1. The maximum Gasteiger partial charge on any atom is 0.471 e. The number of methoxy groups -OCH3 is 1. The fourth-order valence-corrected chi connectivity index (χ4v) is 4.75. The van der Waals surface area contributed by atoms with Crippen molar-refractivity contribution in [3.05, 3.63) is 74.9 Å². The molecule has 0 radical (unpaired) electrons. The largest absolute Gasteiger partial charge is 0.471 e. The van der Waals surface area contributed by atoms with Gasteiger partial charge in [0.2, 0.25) is 5.91 Å². The minimum absolute atomic E-state index is 0.0354. The molecule has 1 saturated carbocycles. The molecule has 2 fully saturated rings. The lowest BCUT2D eigenvalue weighted by Crippen LogP contribution is -2.56. The van der Waals surface area contributed by atoms with E-state index in [0.717, 1.165) is 14.0 Å². The Hall–Kier alpha value is -2.89. The van der Waals surface area contributed by atoms with E-state index in [-0.39, 0.29) is 37.4 Å². The average molecular weight is 612 g/mol. The minimum atomic E-state index is -4.94. The summed E-state index contributed by atoms with van der Waals surface area (Å²) in [5.41, 5.74) is 2.03. The fraction of sp³-hybridized carbons (Fsp3) is 0.346. The van der Waals surface area contributed by atoms with Crippen molar-refractivity contribution in [1.82, 2.24) is 9.80 Å². The number of esters is 1. The summed E-state index contributed by atoms with van der Waals surface area (Å²) in [6.07, 6.45) is -1.46. The van der Waals surface area contributed by atoms with Crippen LogP contribution in [-0.4, -0.2) is 66.5 Å². The second-order valence-electron chi connectivity index (χ2n) is 8.97. The Bertz CT molecular complexity index is 1160. The molecule has 2 aliphatic rings. The van der Waals surface area contributed by atoms with Crippen LogP contribution in [-0.2, 0) is 14.3 Å². The first kappa shape index (κ1) is 26.2. The van der Waals surface area contributed by atoms with Crippen molar-refractivity contribution in [2.24, 2.45) is 5.92 Å². The number of halogens is 4. The van der Waals surface area contributed by atoms with Gasteiger partial charge in [-0.25, -0.2) is 4.79 Å². The minimum Gasteiger partial charge on any atom is -0.465 e. The SMILES string of the molecule is COC(=O)c1ccc(/C=C/C(=O)N2CC(CN(C(=O)C(F)(F)F)C3CC3c3ccc(I)cc3)C2)cc1. The Labute approximate surface area is 220 Å². The maximum atomic E-state index is 13.3. The topological polar surface area (TPSA) is 66.9 Å². The van der Waals surface area contributed by atoms with Gasteiger partial charge in [0.15, 0.2) is 0 Å². The zero-order valence-electron chi connectivity index (χ0n) is 19.4. The van der Waals surface area contributed by atoms with Crippen LogP contribution in [0.5, 0.6) is 0 Å². The van der Waals surface area contributed by atoms with Crippen LogP contribution in [0.15, 0.2) is 54.6 Å². The number of rotatable bonds is 7. The summed E-state index contributed by atoms with van der Waals surface area (Å²) in [5.74, 6) is -2.87. The molecule has 2 atom stereocenters. The quantitative estimate of drug-likeness (QED) is 0.263. The molecule has 1 aliphatic heterocycles. The van der Waals surface area contributed by atoms with Gasteiger partial charge >= 0.3 is 18.1 Å². The Morgan fingerprint density at radius 1 is 1.08 bits per heavy atom. The molecule has 1 saturated heterocycles. The molecule has 2 amide bonds. The van der Waals surface area contributed by atoms with E-state index in [2.05, 4.69) is 27.3 Å². The standard InChI is InChI=1S/C26H24F3IN2O4/c1-36-24(34)19-5-2-16(3-6-19)4-11-23(33)31-13-17(14-31)15-32(25(35)26(27,28)29)22-12-21(22)18-7-9-20(30)10-8-18/h2-11,17,21-22H,12-15H2,1H3/b11-4+. The van der Waals surface area contributed by atoms with E-state index >= 15 is 0 Å². The first-order valence-electron chi connectivity index (χ1n) is 11.4. The predicted octanol–water partition coefficient (Wildman–Crippen LogP) is 4.50. The van der Waals surface area contributed by atoms with Crippen molar-refractivity contribution in [3.63, 3.8) is 0 Å². The third-order valence-electron chi connectivity index (χ3n) is 6.43. The van der Waals surface area contributed by atoms with Gasteiger partial charge in [-0.15, -0.1) is 0 Å². The lowest BCUT2D eigenvalue weighted by Gasteiger charge is -2.41. The molecule has 0 N–H and O–H groups in total. The highest BCUT2D eigenvalue weighted by atomic mass is 127. The summed E-state index contributed by atoms with van der Waals surface area (Å²) >= 11 is 2.16.